The summed E-state index contributed by atoms with van der Waals surface area (Å²) in [5.74, 6) is -5.17. The minimum absolute atomic E-state index is 0.0276. The zero-order chi connectivity index (χ0) is 26.2. The molecule has 3 atom stereocenters. The van der Waals surface area contributed by atoms with E-state index in [1.165, 1.54) is 18.6 Å². The van der Waals surface area contributed by atoms with E-state index >= 15 is 0 Å². The van der Waals surface area contributed by atoms with Crippen LogP contribution in [0.5, 0.6) is 0 Å². The first-order chi connectivity index (χ1) is 17.2. The van der Waals surface area contributed by atoms with Crippen molar-refractivity contribution in [2.24, 2.45) is 5.92 Å². The number of aliphatic hydroxyl groups excluding tert-OH is 2. The second-order valence-electron chi connectivity index (χ2n) is 8.57. The van der Waals surface area contributed by atoms with Crippen LogP contribution >= 0.6 is 0 Å². The topological polar surface area (TPSA) is 180 Å². The number of carbonyl (C=O) groups is 3. The lowest BCUT2D eigenvalue weighted by molar-refractivity contribution is -0.145. The Morgan fingerprint density at radius 1 is 1.08 bits per heavy atom. The number of hydrogen-bond donors (Lipinski definition) is 5. The first kappa shape index (κ1) is 26.5. The number of amides is 2. The van der Waals surface area contributed by atoms with Gasteiger partial charge in [-0.1, -0.05) is 44.2 Å². The Balaban J connectivity index is 1.79. The summed E-state index contributed by atoms with van der Waals surface area (Å²) in [7, 11) is -1.30. The standard InChI is InChI=1S/C23H27BN4O8/c1-13(2)10-17(24-35-19(23(34)36-24)18(29)22(32)33)28-20(30)15(11-14-6-4-3-5-7-14)27-21(31)16-12-25-8-9-26-16/h3-9,12-13,15,17-18,29,34H,10-11H2,1-2H3,(H,27,31)(H,28,30)(H,32,33)/t15-,17-,18+/m0/s1. The largest absolute Gasteiger partial charge is 0.620 e. The Kier molecular flexibility index (Phi) is 8.84. The fraction of sp³-hybridized carbons (Fsp3) is 0.348. The van der Waals surface area contributed by atoms with Crippen molar-refractivity contribution in [3.63, 3.8) is 0 Å². The van der Waals surface area contributed by atoms with Gasteiger partial charge in [-0.3, -0.25) is 14.6 Å². The van der Waals surface area contributed by atoms with Gasteiger partial charge in [0.25, 0.3) is 5.91 Å². The first-order valence-electron chi connectivity index (χ1n) is 11.2. The molecule has 0 saturated carbocycles. The van der Waals surface area contributed by atoms with Crippen molar-refractivity contribution >= 4 is 24.9 Å². The molecule has 190 valence electrons. The van der Waals surface area contributed by atoms with Gasteiger partial charge in [0, 0.05) is 18.8 Å². The first-order valence-corrected chi connectivity index (χ1v) is 11.2. The Hall–Kier alpha value is -4.13. The molecule has 0 saturated heterocycles. The van der Waals surface area contributed by atoms with Crippen LogP contribution in [0.1, 0.15) is 36.3 Å². The molecule has 13 heteroatoms. The summed E-state index contributed by atoms with van der Waals surface area (Å²) in [5.41, 5.74) is 0.822. The smallest absolute Gasteiger partial charge is 0.520 e. The van der Waals surface area contributed by atoms with E-state index in [4.69, 9.17) is 14.4 Å². The minimum atomic E-state index is -2.14. The highest BCUT2D eigenvalue weighted by atomic mass is 16.7. The molecule has 2 amide bonds. The summed E-state index contributed by atoms with van der Waals surface area (Å²) < 4.78 is 10.6. The van der Waals surface area contributed by atoms with Crippen molar-refractivity contribution in [2.75, 3.05) is 0 Å². The maximum absolute atomic E-state index is 13.4. The molecule has 1 aromatic heterocycles. The van der Waals surface area contributed by atoms with Crippen LogP contribution in [0, 0.1) is 5.92 Å². The number of carboxylic acid groups (broad SMARTS) is 1. The molecular formula is C23H27BN4O8. The van der Waals surface area contributed by atoms with Gasteiger partial charge in [-0.05, 0) is 17.9 Å². The fourth-order valence-corrected chi connectivity index (χ4v) is 3.56. The normalized spacial score (nSPS) is 15.5. The van der Waals surface area contributed by atoms with Crippen molar-refractivity contribution < 1.29 is 39.0 Å². The number of hydrogen-bond acceptors (Lipinski definition) is 9. The molecule has 2 heterocycles. The Bertz CT molecular complexity index is 1100. The van der Waals surface area contributed by atoms with Crippen molar-refractivity contribution in [3.8, 4) is 0 Å². The summed E-state index contributed by atoms with van der Waals surface area (Å²) in [6.45, 7) is 3.76. The second-order valence-corrected chi connectivity index (χ2v) is 8.57. The third-order valence-electron chi connectivity index (χ3n) is 5.25. The summed E-state index contributed by atoms with van der Waals surface area (Å²) in [5, 5.41) is 34.2. The Morgan fingerprint density at radius 2 is 1.81 bits per heavy atom. The highest BCUT2D eigenvalue weighted by molar-refractivity contribution is 6.48. The van der Waals surface area contributed by atoms with Crippen LogP contribution in [0.2, 0.25) is 0 Å². The lowest BCUT2D eigenvalue weighted by atomic mass is 9.74. The molecule has 0 radical (unpaired) electrons. The van der Waals surface area contributed by atoms with Gasteiger partial charge in [-0.25, -0.2) is 9.78 Å². The molecule has 36 heavy (non-hydrogen) atoms. The monoisotopic (exact) mass is 498 g/mol. The van der Waals surface area contributed by atoms with Gasteiger partial charge in [0.05, 0.1) is 12.1 Å². The molecule has 3 rings (SSSR count). The lowest BCUT2D eigenvalue weighted by Crippen LogP contribution is -2.55. The van der Waals surface area contributed by atoms with Crippen LogP contribution in [0.15, 0.2) is 60.6 Å². The van der Waals surface area contributed by atoms with Gasteiger partial charge in [0.1, 0.15) is 11.7 Å². The maximum atomic E-state index is 13.4. The number of aliphatic carboxylic acids is 1. The summed E-state index contributed by atoms with van der Waals surface area (Å²) in [6.07, 6.45) is 2.39. The molecule has 0 bridgehead atoms. The van der Waals surface area contributed by atoms with E-state index in [1.807, 2.05) is 32.0 Å². The van der Waals surface area contributed by atoms with Crippen LogP contribution in [0.25, 0.3) is 0 Å². The van der Waals surface area contributed by atoms with E-state index in [0.717, 1.165) is 5.56 Å². The highest BCUT2D eigenvalue weighted by Crippen LogP contribution is 2.25. The van der Waals surface area contributed by atoms with Crippen LogP contribution in [-0.2, 0) is 25.3 Å². The zero-order valence-corrected chi connectivity index (χ0v) is 19.7. The predicted molar refractivity (Wildman–Crippen MR) is 126 cm³/mol. The Labute approximate surface area is 207 Å². The molecule has 5 N–H and O–H groups in total. The van der Waals surface area contributed by atoms with E-state index < -0.39 is 54.7 Å². The molecule has 0 aliphatic carbocycles. The summed E-state index contributed by atoms with van der Waals surface area (Å²) >= 11 is 0. The average molecular weight is 498 g/mol. The van der Waals surface area contributed by atoms with Crippen molar-refractivity contribution in [2.45, 2.75) is 44.8 Å². The predicted octanol–water partition coefficient (Wildman–Crippen LogP) is 0.595. The van der Waals surface area contributed by atoms with Crippen LogP contribution in [-0.4, -0.2) is 68.3 Å². The van der Waals surface area contributed by atoms with E-state index in [2.05, 4.69) is 20.6 Å². The molecule has 2 aromatic rings. The minimum Gasteiger partial charge on any atom is -0.520 e. The number of carboxylic acids is 1. The molecule has 1 aliphatic heterocycles. The maximum Gasteiger partial charge on any atom is 0.620 e. The number of aromatic nitrogens is 2. The van der Waals surface area contributed by atoms with E-state index in [0.29, 0.717) is 6.42 Å². The molecule has 0 fully saturated rings. The third kappa shape index (κ3) is 6.95. The van der Waals surface area contributed by atoms with Crippen LogP contribution in [0.3, 0.4) is 0 Å². The fourth-order valence-electron chi connectivity index (χ4n) is 3.56. The second kappa shape index (κ2) is 12.0. The van der Waals surface area contributed by atoms with E-state index in [-0.39, 0.29) is 18.0 Å². The lowest BCUT2D eigenvalue weighted by Gasteiger charge is -2.25. The number of rotatable bonds is 11. The van der Waals surface area contributed by atoms with Gasteiger partial charge in [-0.15, -0.1) is 0 Å². The van der Waals surface area contributed by atoms with Gasteiger partial charge < -0.3 is 35.3 Å². The molecular weight excluding hydrogens is 471 g/mol. The summed E-state index contributed by atoms with van der Waals surface area (Å²) in [4.78, 5) is 45.0. The number of carbonyl (C=O) groups excluding carboxylic acids is 2. The van der Waals surface area contributed by atoms with E-state index in [9.17, 15) is 24.6 Å². The van der Waals surface area contributed by atoms with Gasteiger partial charge in [-0.2, -0.15) is 0 Å². The highest BCUT2D eigenvalue weighted by Gasteiger charge is 2.46. The van der Waals surface area contributed by atoms with Crippen LogP contribution in [0.4, 0.5) is 0 Å². The Morgan fingerprint density at radius 3 is 2.42 bits per heavy atom. The van der Waals surface area contributed by atoms with Gasteiger partial charge in [0.2, 0.25) is 12.0 Å². The molecule has 1 aromatic carbocycles. The number of nitrogens with one attached hydrogen (secondary N) is 2. The average Bonchev–Trinajstić information content (AvgIpc) is 3.24. The zero-order valence-electron chi connectivity index (χ0n) is 19.7. The SMILES string of the molecule is CC(C)C[C@H](NC(=O)[C@H](Cc1ccccc1)NC(=O)c1cnccn1)B1OC(O)=C([C@@H](O)C(=O)O)O1. The van der Waals surface area contributed by atoms with Crippen molar-refractivity contribution in [3.05, 3.63) is 71.9 Å². The number of benzene rings is 1. The third-order valence-corrected chi connectivity index (χ3v) is 5.25. The summed E-state index contributed by atoms with van der Waals surface area (Å²) in [6, 6.07) is 8.03. The molecule has 12 nitrogen and oxygen atoms in total. The van der Waals surface area contributed by atoms with E-state index in [1.54, 1.807) is 12.1 Å². The molecule has 1 aliphatic rings. The number of nitrogens with zero attached hydrogens (tertiary/aromatic N) is 2. The van der Waals surface area contributed by atoms with Gasteiger partial charge in [0.15, 0.2) is 5.76 Å². The molecule has 0 unspecified atom stereocenters. The quantitative estimate of drug-likeness (QED) is 0.275. The van der Waals surface area contributed by atoms with Crippen molar-refractivity contribution in [1.82, 2.24) is 20.6 Å². The number of aliphatic hydroxyl groups is 2. The van der Waals surface area contributed by atoms with Crippen molar-refractivity contribution in [1.29, 1.82) is 0 Å². The van der Waals surface area contributed by atoms with Crippen LogP contribution < -0.4 is 10.6 Å². The van der Waals surface area contributed by atoms with Gasteiger partial charge >= 0.3 is 19.0 Å². The molecule has 0 spiro atoms.